The number of anilines is 2. The highest BCUT2D eigenvalue weighted by molar-refractivity contribution is 5.96. The average molecular weight is 450 g/mol. The zero-order valence-electron chi connectivity index (χ0n) is 19.0. The Morgan fingerprint density at radius 1 is 0.912 bits per heavy atom. The van der Waals surface area contributed by atoms with Crippen LogP contribution in [0.1, 0.15) is 41.6 Å². The lowest BCUT2D eigenvalue weighted by atomic mass is 9.85. The molecule has 2 saturated heterocycles. The summed E-state index contributed by atoms with van der Waals surface area (Å²) in [7, 11) is 0. The van der Waals surface area contributed by atoms with Crippen molar-refractivity contribution in [2.24, 2.45) is 5.92 Å². The van der Waals surface area contributed by atoms with Crippen molar-refractivity contribution in [3.8, 4) is 0 Å². The smallest absolute Gasteiger partial charge is 0.254 e. The van der Waals surface area contributed by atoms with E-state index in [1.807, 2.05) is 36.5 Å². The van der Waals surface area contributed by atoms with Crippen molar-refractivity contribution < 1.29 is 4.79 Å². The predicted molar refractivity (Wildman–Crippen MR) is 133 cm³/mol. The molecule has 2 atom stereocenters. The molecule has 2 aliphatic rings. The highest BCUT2D eigenvalue weighted by atomic mass is 16.2. The van der Waals surface area contributed by atoms with E-state index in [9.17, 15) is 4.79 Å². The van der Waals surface area contributed by atoms with E-state index in [1.54, 1.807) is 18.5 Å². The first-order valence-corrected chi connectivity index (χ1v) is 12.0. The maximum Gasteiger partial charge on any atom is 0.254 e. The minimum Gasteiger partial charge on any atom is -0.333 e. The van der Waals surface area contributed by atoms with Crippen LogP contribution in [0.2, 0.25) is 0 Å². The molecule has 0 radical (unpaired) electrons. The molecule has 2 aromatic carbocycles. The van der Waals surface area contributed by atoms with Crippen molar-refractivity contribution in [3.63, 3.8) is 0 Å². The minimum absolute atomic E-state index is 0.135. The van der Waals surface area contributed by atoms with Gasteiger partial charge in [-0.2, -0.15) is 0 Å². The zero-order chi connectivity index (χ0) is 22.9. The summed E-state index contributed by atoms with van der Waals surface area (Å²) in [5, 5.41) is 4.39. The number of amides is 1. The number of hydrogen-bond acceptors (Lipinski definition) is 5. The number of pyridine rings is 1. The third-order valence-electron chi connectivity index (χ3n) is 7.17. The predicted octanol–water partition coefficient (Wildman–Crippen LogP) is 5.39. The van der Waals surface area contributed by atoms with E-state index >= 15 is 0 Å². The standard InChI is InChI=1S/C28H27N5O/c34-27(22-6-3-7-23(17-22)32-28-29-11-4-12-30-28)33-24-9-10-25(33)16-19(15-24)13-20-14-21-5-1-2-8-26(21)31-18-20/h1-8,11-12,14,17-19,24-25H,9-10,13,15-16H2,(H,29,30,32)/t24-,25-/m0/s1. The van der Waals surface area contributed by atoms with E-state index < -0.39 is 0 Å². The van der Waals surface area contributed by atoms with Crippen LogP contribution in [-0.2, 0) is 6.42 Å². The number of fused-ring (bicyclic) bond motifs is 3. The second kappa shape index (κ2) is 8.86. The molecule has 0 aliphatic carbocycles. The van der Waals surface area contributed by atoms with Gasteiger partial charge in [0, 0.05) is 47.3 Å². The van der Waals surface area contributed by atoms with Gasteiger partial charge in [-0.05, 0) is 80.0 Å². The number of para-hydroxylation sites is 1. The van der Waals surface area contributed by atoms with Crippen LogP contribution in [0.4, 0.5) is 11.6 Å². The molecule has 170 valence electrons. The van der Waals surface area contributed by atoms with Gasteiger partial charge in [-0.1, -0.05) is 24.3 Å². The number of aromatic nitrogens is 3. The molecule has 0 spiro atoms. The Hall–Kier alpha value is -3.80. The SMILES string of the molecule is O=C(c1cccc(Nc2ncccn2)c1)N1[C@H]2CC[C@H]1CC(Cc1cnc3ccccc3c1)C2. The van der Waals surface area contributed by atoms with E-state index in [-0.39, 0.29) is 5.91 Å². The van der Waals surface area contributed by atoms with Gasteiger partial charge in [-0.15, -0.1) is 0 Å². The van der Waals surface area contributed by atoms with Gasteiger partial charge in [0.15, 0.2) is 0 Å². The molecular formula is C28H27N5O. The first-order valence-electron chi connectivity index (χ1n) is 12.0. The highest BCUT2D eigenvalue weighted by Gasteiger charge is 2.43. The summed E-state index contributed by atoms with van der Waals surface area (Å²) >= 11 is 0. The fourth-order valence-electron chi connectivity index (χ4n) is 5.72. The van der Waals surface area contributed by atoms with Crippen molar-refractivity contribution >= 4 is 28.4 Å². The van der Waals surface area contributed by atoms with Gasteiger partial charge in [0.05, 0.1) is 5.52 Å². The summed E-state index contributed by atoms with van der Waals surface area (Å²) < 4.78 is 0. The monoisotopic (exact) mass is 449 g/mol. The summed E-state index contributed by atoms with van der Waals surface area (Å²) in [6.07, 6.45) is 10.8. The first kappa shape index (κ1) is 20.8. The van der Waals surface area contributed by atoms with Crippen molar-refractivity contribution in [2.45, 2.75) is 44.2 Å². The van der Waals surface area contributed by atoms with Gasteiger partial charge in [-0.3, -0.25) is 9.78 Å². The lowest BCUT2D eigenvalue weighted by Crippen LogP contribution is -2.46. The summed E-state index contributed by atoms with van der Waals surface area (Å²) in [4.78, 5) is 28.8. The number of nitrogens with zero attached hydrogens (tertiary/aromatic N) is 4. The quantitative estimate of drug-likeness (QED) is 0.442. The number of hydrogen-bond donors (Lipinski definition) is 1. The van der Waals surface area contributed by atoms with Crippen LogP contribution >= 0.6 is 0 Å². The Bertz CT molecular complexity index is 1310. The van der Waals surface area contributed by atoms with Gasteiger partial charge >= 0.3 is 0 Å². The number of carbonyl (C=O) groups is 1. The number of nitrogens with one attached hydrogen (secondary N) is 1. The second-order valence-electron chi connectivity index (χ2n) is 9.45. The van der Waals surface area contributed by atoms with Crippen LogP contribution < -0.4 is 5.32 Å². The van der Waals surface area contributed by atoms with E-state index in [4.69, 9.17) is 0 Å². The van der Waals surface area contributed by atoms with E-state index in [1.165, 1.54) is 10.9 Å². The van der Waals surface area contributed by atoms with Crippen LogP contribution in [0.5, 0.6) is 0 Å². The first-order chi connectivity index (χ1) is 16.7. The fourth-order valence-corrected chi connectivity index (χ4v) is 5.72. The van der Waals surface area contributed by atoms with Crippen molar-refractivity contribution in [1.82, 2.24) is 19.9 Å². The van der Waals surface area contributed by atoms with Crippen LogP contribution in [0.25, 0.3) is 10.9 Å². The number of carbonyl (C=O) groups excluding carboxylic acids is 1. The number of rotatable bonds is 5. The zero-order valence-corrected chi connectivity index (χ0v) is 19.0. The summed E-state index contributed by atoms with van der Waals surface area (Å²) in [6.45, 7) is 0. The van der Waals surface area contributed by atoms with Crippen LogP contribution in [0.15, 0.2) is 79.3 Å². The molecule has 0 saturated carbocycles. The number of benzene rings is 2. The molecule has 6 heteroatoms. The molecule has 6 nitrogen and oxygen atoms in total. The van der Waals surface area contributed by atoms with E-state index in [0.717, 1.165) is 48.9 Å². The average Bonchev–Trinajstić information content (AvgIpc) is 3.14. The minimum atomic E-state index is 0.135. The van der Waals surface area contributed by atoms with Gasteiger partial charge < -0.3 is 10.2 Å². The van der Waals surface area contributed by atoms with E-state index in [0.29, 0.717) is 23.9 Å². The molecule has 2 aliphatic heterocycles. The summed E-state index contributed by atoms with van der Waals surface area (Å²) in [6, 6.07) is 20.6. The Labute approximate surface area is 199 Å². The lowest BCUT2D eigenvalue weighted by Gasteiger charge is -2.39. The molecule has 2 fully saturated rings. The van der Waals surface area contributed by atoms with Crippen LogP contribution in [0, 0.1) is 5.92 Å². The molecule has 1 amide bonds. The molecule has 34 heavy (non-hydrogen) atoms. The second-order valence-corrected chi connectivity index (χ2v) is 9.45. The third kappa shape index (κ3) is 4.12. The van der Waals surface area contributed by atoms with Crippen molar-refractivity contribution in [1.29, 1.82) is 0 Å². The maximum atomic E-state index is 13.5. The molecule has 4 aromatic rings. The maximum absolute atomic E-state index is 13.5. The molecule has 4 heterocycles. The molecule has 6 rings (SSSR count). The molecule has 1 N–H and O–H groups in total. The van der Waals surface area contributed by atoms with Gasteiger partial charge in [0.25, 0.3) is 5.91 Å². The molecule has 2 aromatic heterocycles. The van der Waals surface area contributed by atoms with Crippen LogP contribution in [0.3, 0.4) is 0 Å². The normalized spacial score (nSPS) is 21.5. The van der Waals surface area contributed by atoms with Gasteiger partial charge in [-0.25, -0.2) is 9.97 Å². The molecule has 0 unspecified atom stereocenters. The Morgan fingerprint density at radius 3 is 2.53 bits per heavy atom. The molecule has 2 bridgehead atoms. The Kier molecular flexibility index (Phi) is 5.41. The fraction of sp³-hybridized carbons (Fsp3) is 0.286. The van der Waals surface area contributed by atoms with Crippen LogP contribution in [-0.4, -0.2) is 37.8 Å². The largest absolute Gasteiger partial charge is 0.333 e. The summed E-state index contributed by atoms with van der Waals surface area (Å²) in [5.74, 6) is 1.25. The van der Waals surface area contributed by atoms with E-state index in [2.05, 4.69) is 49.4 Å². The van der Waals surface area contributed by atoms with Gasteiger partial charge in [0.1, 0.15) is 0 Å². The molecular weight excluding hydrogens is 422 g/mol. The van der Waals surface area contributed by atoms with Crippen molar-refractivity contribution in [2.75, 3.05) is 5.32 Å². The van der Waals surface area contributed by atoms with Crippen molar-refractivity contribution in [3.05, 3.63) is 90.4 Å². The Morgan fingerprint density at radius 2 is 1.71 bits per heavy atom. The lowest BCUT2D eigenvalue weighted by molar-refractivity contribution is 0.0524. The third-order valence-corrected chi connectivity index (χ3v) is 7.17. The van der Waals surface area contributed by atoms with Gasteiger partial charge in [0.2, 0.25) is 5.95 Å². The topological polar surface area (TPSA) is 71.0 Å². The number of piperidine rings is 1. The Balaban J connectivity index is 1.15. The highest BCUT2D eigenvalue weighted by Crippen LogP contribution is 2.41. The summed E-state index contributed by atoms with van der Waals surface area (Å²) in [5.41, 5.74) is 3.88.